The maximum Gasteiger partial charge on any atom is 0.135 e. The Hall–Kier alpha value is -5.64. The Labute approximate surface area is 357 Å². The van der Waals surface area contributed by atoms with Gasteiger partial charge in [-0.1, -0.05) is 108 Å². The molecule has 2 aromatic heterocycles. The van der Waals surface area contributed by atoms with Crippen molar-refractivity contribution in [2.24, 2.45) is 0 Å². The molecule has 0 N–H and O–H groups in total. The van der Waals surface area contributed by atoms with Crippen molar-refractivity contribution in [2.45, 2.75) is 66.2 Å². The molecule has 58 heavy (non-hydrogen) atoms. The minimum Gasteiger partial charge on any atom is -0.509 e. The molecule has 0 saturated carbocycles. The molecule has 0 radical (unpaired) electrons. The van der Waals surface area contributed by atoms with E-state index in [0.29, 0.717) is 11.5 Å². The van der Waals surface area contributed by atoms with E-state index < -0.39 is 0 Å². The number of pyridine rings is 1. The zero-order chi connectivity index (χ0) is 39.6. The molecular weight excluding hydrogens is 892 g/mol. The third-order valence-electron chi connectivity index (χ3n) is 11.2. The molecule has 0 unspecified atom stereocenters. The van der Waals surface area contributed by atoms with Gasteiger partial charge in [0.15, 0.2) is 0 Å². The van der Waals surface area contributed by atoms with Crippen LogP contribution in [0.3, 0.4) is 0 Å². The van der Waals surface area contributed by atoms with E-state index in [-0.39, 0.29) is 31.9 Å². The van der Waals surface area contributed by atoms with Crippen LogP contribution in [0.1, 0.15) is 63.8 Å². The van der Waals surface area contributed by atoms with E-state index in [1.807, 2.05) is 24.4 Å². The predicted molar refractivity (Wildman–Crippen MR) is 237 cm³/mol. The zero-order valence-corrected chi connectivity index (χ0v) is 36.6. The summed E-state index contributed by atoms with van der Waals surface area (Å²) in [7, 11) is 0. The Kier molecular flexibility index (Phi) is 10.1. The van der Waals surface area contributed by atoms with Crippen LogP contribution in [-0.2, 0) is 31.9 Å². The van der Waals surface area contributed by atoms with Crippen molar-refractivity contribution >= 4 is 44.6 Å². The van der Waals surface area contributed by atoms with Crippen LogP contribution in [0.5, 0.6) is 11.5 Å². The van der Waals surface area contributed by atoms with Gasteiger partial charge in [0.05, 0.1) is 0 Å². The van der Waals surface area contributed by atoms with Gasteiger partial charge >= 0.3 is 0 Å². The largest absolute Gasteiger partial charge is 0.509 e. The van der Waals surface area contributed by atoms with Gasteiger partial charge in [0.2, 0.25) is 0 Å². The minimum absolute atomic E-state index is 0. The average molecular weight is 939 g/mol. The molecular formula is C52H47N4OPt-3. The van der Waals surface area contributed by atoms with Gasteiger partial charge in [0.1, 0.15) is 5.82 Å². The third kappa shape index (κ3) is 7.11. The van der Waals surface area contributed by atoms with Crippen molar-refractivity contribution in [3.63, 3.8) is 0 Å². The quantitative estimate of drug-likeness (QED) is 0.156. The smallest absolute Gasteiger partial charge is 0.135 e. The number of para-hydroxylation sites is 1. The number of rotatable bonds is 6. The van der Waals surface area contributed by atoms with E-state index in [2.05, 4.69) is 198 Å². The van der Waals surface area contributed by atoms with Gasteiger partial charge in [-0.05, 0) is 94.3 Å². The van der Waals surface area contributed by atoms with Crippen molar-refractivity contribution in [1.82, 2.24) is 9.55 Å². The minimum atomic E-state index is -0.0176. The van der Waals surface area contributed by atoms with Crippen LogP contribution in [0.15, 0.2) is 134 Å². The number of hydrogen-bond donors (Lipinski definition) is 0. The van der Waals surface area contributed by atoms with Gasteiger partial charge in [-0.3, -0.25) is 0 Å². The van der Waals surface area contributed by atoms with Gasteiger partial charge in [0.25, 0.3) is 0 Å². The number of benzene rings is 6. The van der Waals surface area contributed by atoms with E-state index in [1.54, 1.807) is 0 Å². The van der Waals surface area contributed by atoms with Gasteiger partial charge in [-0.2, -0.15) is 12.1 Å². The van der Waals surface area contributed by atoms with Crippen molar-refractivity contribution in [2.75, 3.05) is 9.80 Å². The molecule has 6 heteroatoms. The van der Waals surface area contributed by atoms with Crippen molar-refractivity contribution in [1.29, 1.82) is 0 Å². The molecule has 0 saturated heterocycles. The van der Waals surface area contributed by atoms with E-state index in [0.717, 1.165) is 50.4 Å². The number of anilines is 4. The van der Waals surface area contributed by atoms with E-state index in [4.69, 9.17) is 9.72 Å². The SMILES string of the molecule is Cc1cc2c(cc1C)N(c1cc(C(C)(C)C)ccc1-c1ccccc1)[CH-]N2c1[c-]c(Oc2[c-]c3c(cc2)c2ccccc2n3-c2cc(C(C)(C)C)ccn2)ccc1.[Pt]. The van der Waals surface area contributed by atoms with Gasteiger partial charge in [0, 0.05) is 66.9 Å². The Bertz CT molecular complexity index is 2810. The fraction of sp³-hybridized carbons (Fsp3) is 0.192. The number of aryl methyl sites for hydroxylation is 2. The monoisotopic (exact) mass is 938 g/mol. The fourth-order valence-electron chi connectivity index (χ4n) is 7.79. The molecule has 9 rings (SSSR count). The number of hydrogen-bond acceptors (Lipinski definition) is 4. The summed E-state index contributed by atoms with van der Waals surface area (Å²) in [5.41, 5.74) is 13.5. The average Bonchev–Trinajstić information content (AvgIpc) is 3.72. The summed E-state index contributed by atoms with van der Waals surface area (Å²) in [6, 6.07) is 52.3. The van der Waals surface area contributed by atoms with Crippen molar-refractivity contribution in [3.8, 4) is 28.4 Å². The molecule has 0 fully saturated rings. The molecule has 294 valence electrons. The molecule has 1 aliphatic heterocycles. The second-order valence-corrected chi connectivity index (χ2v) is 17.2. The zero-order valence-electron chi connectivity index (χ0n) is 34.3. The maximum absolute atomic E-state index is 6.62. The summed E-state index contributed by atoms with van der Waals surface area (Å²) in [5, 5.41) is 2.24. The Balaban J connectivity index is 0.00000469. The topological polar surface area (TPSA) is 33.5 Å². The number of aromatic nitrogens is 2. The van der Waals surface area contributed by atoms with Crippen LogP contribution in [0.25, 0.3) is 38.8 Å². The van der Waals surface area contributed by atoms with Gasteiger partial charge < -0.3 is 19.1 Å². The second kappa shape index (κ2) is 14.9. The first-order chi connectivity index (χ1) is 27.3. The Morgan fingerprint density at radius 3 is 2.00 bits per heavy atom. The Morgan fingerprint density at radius 2 is 1.26 bits per heavy atom. The molecule has 0 spiro atoms. The predicted octanol–water partition coefficient (Wildman–Crippen LogP) is 13.9. The molecule has 1 aliphatic rings. The summed E-state index contributed by atoms with van der Waals surface area (Å²) in [6.45, 7) is 20.1. The summed E-state index contributed by atoms with van der Waals surface area (Å²) in [5.74, 6) is 2.07. The maximum atomic E-state index is 6.62. The number of ether oxygens (including phenoxy) is 1. The molecule has 0 atom stereocenters. The van der Waals surface area contributed by atoms with Crippen LogP contribution in [0.2, 0.25) is 0 Å². The number of fused-ring (bicyclic) bond motifs is 4. The molecule has 0 amide bonds. The molecule has 6 aromatic carbocycles. The first-order valence-corrected chi connectivity index (χ1v) is 19.7. The van der Waals surface area contributed by atoms with Crippen LogP contribution in [0, 0.1) is 32.6 Å². The molecule has 8 aromatic rings. The summed E-state index contributed by atoms with van der Waals surface area (Å²) < 4.78 is 8.82. The molecule has 0 bridgehead atoms. The van der Waals surface area contributed by atoms with Crippen molar-refractivity contribution < 1.29 is 25.8 Å². The van der Waals surface area contributed by atoms with E-state index in [1.165, 1.54) is 33.4 Å². The molecule has 0 aliphatic carbocycles. The summed E-state index contributed by atoms with van der Waals surface area (Å²) in [6.07, 6.45) is 1.90. The first-order valence-electron chi connectivity index (χ1n) is 19.7. The van der Waals surface area contributed by atoms with Crippen LogP contribution in [-0.4, -0.2) is 9.55 Å². The van der Waals surface area contributed by atoms with Crippen LogP contribution < -0.4 is 14.5 Å². The second-order valence-electron chi connectivity index (χ2n) is 17.2. The first kappa shape index (κ1) is 39.2. The van der Waals surface area contributed by atoms with E-state index >= 15 is 0 Å². The summed E-state index contributed by atoms with van der Waals surface area (Å²) >= 11 is 0. The van der Waals surface area contributed by atoms with Gasteiger partial charge in [-0.15, -0.1) is 48.1 Å². The van der Waals surface area contributed by atoms with Crippen LogP contribution >= 0.6 is 0 Å². The normalized spacial score (nSPS) is 12.9. The molecule has 3 heterocycles. The summed E-state index contributed by atoms with van der Waals surface area (Å²) in [4.78, 5) is 9.41. The Morgan fingerprint density at radius 1 is 0.586 bits per heavy atom. The van der Waals surface area contributed by atoms with Crippen molar-refractivity contribution in [3.05, 3.63) is 175 Å². The van der Waals surface area contributed by atoms with Crippen LogP contribution in [0.4, 0.5) is 22.7 Å². The molecule has 5 nitrogen and oxygen atoms in total. The third-order valence-corrected chi connectivity index (χ3v) is 11.2. The van der Waals surface area contributed by atoms with E-state index in [9.17, 15) is 0 Å². The number of nitrogens with zero attached hydrogens (tertiary/aromatic N) is 4. The van der Waals surface area contributed by atoms with Gasteiger partial charge in [-0.25, -0.2) is 4.98 Å². The fourth-order valence-corrected chi connectivity index (χ4v) is 7.79. The standard InChI is InChI=1S/C52H47N4O.Pt/c1-34-27-48-49(28-35(34)2)55(46-29-37(51(3,4)5)21-23-42(46)36-15-10-9-11-16-36)33-54(48)39-17-14-18-40(31-39)57-41-22-24-44-43-19-12-13-20-45(43)56(47(44)32-41)50-30-38(25-26-53-50)52(6,7)8;/h9-30,33H,1-8H3;/q-3;.